The fourth-order valence-electron chi connectivity index (χ4n) is 3.20. The zero-order valence-electron chi connectivity index (χ0n) is 12.4. The Balaban J connectivity index is 1.49. The van der Waals surface area contributed by atoms with Gasteiger partial charge in [0.25, 0.3) is 0 Å². The molecular formula is C15H22ClN3OS. The Morgan fingerprint density at radius 1 is 1.52 bits per heavy atom. The Kier molecular flexibility index (Phi) is 4.72. The number of halogens is 1. The van der Waals surface area contributed by atoms with E-state index in [0.717, 1.165) is 49.6 Å². The second-order valence-electron chi connectivity index (χ2n) is 5.90. The summed E-state index contributed by atoms with van der Waals surface area (Å²) in [7, 11) is 1.86. The quantitative estimate of drug-likeness (QED) is 0.685. The van der Waals surface area contributed by atoms with Gasteiger partial charge >= 0.3 is 0 Å². The summed E-state index contributed by atoms with van der Waals surface area (Å²) in [5.74, 6) is 1.02. The Hall–Kier alpha value is -0.780. The van der Waals surface area contributed by atoms with Crippen LogP contribution < -0.4 is 5.32 Å². The fourth-order valence-corrected chi connectivity index (χ4v) is 4.29. The maximum absolute atomic E-state index is 5.96. The summed E-state index contributed by atoms with van der Waals surface area (Å²) in [6.45, 7) is 4.86. The highest BCUT2D eigenvalue weighted by Crippen LogP contribution is 2.38. The zero-order chi connectivity index (χ0) is 14.7. The molecule has 2 aliphatic heterocycles. The van der Waals surface area contributed by atoms with Crippen LogP contribution in [0.15, 0.2) is 17.1 Å². The Labute approximate surface area is 135 Å². The molecule has 1 aromatic heterocycles. The van der Waals surface area contributed by atoms with Gasteiger partial charge in [-0.3, -0.25) is 4.99 Å². The summed E-state index contributed by atoms with van der Waals surface area (Å²) in [6.07, 6.45) is 3.39. The standard InChI is InChI=1S/C15H22ClN3OS/c1-17-14(18-7-4-12-2-3-13(16)21-12)19-8-5-15(10-19)6-9-20-11-15/h2-3H,4-11H2,1H3,(H,17,18). The molecule has 4 nitrogen and oxygen atoms in total. The highest BCUT2D eigenvalue weighted by atomic mass is 35.5. The van der Waals surface area contributed by atoms with Crippen LogP contribution in [-0.4, -0.2) is 50.8 Å². The molecule has 116 valence electrons. The number of likely N-dealkylation sites (tertiary alicyclic amines) is 1. The van der Waals surface area contributed by atoms with Gasteiger partial charge in [-0.1, -0.05) is 11.6 Å². The minimum Gasteiger partial charge on any atom is -0.381 e. The molecule has 0 bridgehead atoms. The third-order valence-corrected chi connectivity index (χ3v) is 5.71. The van der Waals surface area contributed by atoms with Gasteiger partial charge < -0.3 is 15.0 Å². The van der Waals surface area contributed by atoms with E-state index < -0.39 is 0 Å². The number of aliphatic imine (C=N–C) groups is 1. The smallest absolute Gasteiger partial charge is 0.193 e. The number of thiophene rings is 1. The number of nitrogens with zero attached hydrogens (tertiary/aromatic N) is 2. The van der Waals surface area contributed by atoms with E-state index in [2.05, 4.69) is 21.3 Å². The highest BCUT2D eigenvalue weighted by Gasteiger charge is 2.42. The predicted octanol–water partition coefficient (Wildman–Crippen LogP) is 2.63. The third-order valence-electron chi connectivity index (χ3n) is 4.42. The van der Waals surface area contributed by atoms with Gasteiger partial charge in [0.15, 0.2) is 5.96 Å². The normalized spacial score (nSPS) is 26.0. The molecule has 3 rings (SSSR count). The van der Waals surface area contributed by atoms with E-state index in [9.17, 15) is 0 Å². The van der Waals surface area contributed by atoms with Gasteiger partial charge in [0.2, 0.25) is 0 Å². The molecule has 1 spiro atoms. The van der Waals surface area contributed by atoms with Crippen molar-refractivity contribution in [3.05, 3.63) is 21.3 Å². The van der Waals surface area contributed by atoms with Crippen molar-refractivity contribution in [1.29, 1.82) is 0 Å². The van der Waals surface area contributed by atoms with Crippen molar-refractivity contribution < 1.29 is 4.74 Å². The molecule has 2 aliphatic rings. The van der Waals surface area contributed by atoms with E-state index in [-0.39, 0.29) is 0 Å². The topological polar surface area (TPSA) is 36.9 Å². The first-order valence-corrected chi connectivity index (χ1v) is 8.68. The van der Waals surface area contributed by atoms with Crippen molar-refractivity contribution in [3.8, 4) is 0 Å². The number of hydrogen-bond donors (Lipinski definition) is 1. The van der Waals surface area contributed by atoms with Gasteiger partial charge in [0.05, 0.1) is 10.9 Å². The van der Waals surface area contributed by atoms with Crippen molar-refractivity contribution >= 4 is 28.9 Å². The predicted molar refractivity (Wildman–Crippen MR) is 88.5 cm³/mol. The number of guanidine groups is 1. The molecule has 0 amide bonds. The van der Waals surface area contributed by atoms with Gasteiger partial charge in [-0.05, 0) is 31.4 Å². The van der Waals surface area contributed by atoms with Crippen molar-refractivity contribution in [2.45, 2.75) is 19.3 Å². The van der Waals surface area contributed by atoms with E-state index in [1.165, 1.54) is 17.7 Å². The van der Waals surface area contributed by atoms with Crippen LogP contribution in [-0.2, 0) is 11.2 Å². The third kappa shape index (κ3) is 3.52. The van der Waals surface area contributed by atoms with Crippen LogP contribution in [0.3, 0.4) is 0 Å². The molecule has 1 atom stereocenters. The lowest BCUT2D eigenvalue weighted by Gasteiger charge is -2.24. The molecule has 2 saturated heterocycles. The van der Waals surface area contributed by atoms with Gasteiger partial charge in [-0.25, -0.2) is 0 Å². The van der Waals surface area contributed by atoms with Crippen LogP contribution in [0.2, 0.25) is 4.34 Å². The van der Waals surface area contributed by atoms with Crippen molar-refractivity contribution in [1.82, 2.24) is 10.2 Å². The van der Waals surface area contributed by atoms with Crippen LogP contribution in [0, 0.1) is 5.41 Å². The average Bonchev–Trinajstić information content (AvgIpc) is 3.19. The van der Waals surface area contributed by atoms with E-state index in [0.29, 0.717) is 5.41 Å². The molecular weight excluding hydrogens is 306 g/mol. The van der Waals surface area contributed by atoms with E-state index in [4.69, 9.17) is 16.3 Å². The molecule has 21 heavy (non-hydrogen) atoms. The molecule has 3 heterocycles. The number of ether oxygens (including phenoxy) is 1. The molecule has 0 aromatic carbocycles. The Morgan fingerprint density at radius 2 is 2.43 bits per heavy atom. The maximum atomic E-state index is 5.96. The van der Waals surface area contributed by atoms with Gasteiger partial charge in [-0.2, -0.15) is 0 Å². The first-order chi connectivity index (χ1) is 10.2. The number of nitrogens with one attached hydrogen (secondary N) is 1. The lowest BCUT2D eigenvalue weighted by Crippen LogP contribution is -2.42. The summed E-state index contributed by atoms with van der Waals surface area (Å²) >= 11 is 7.61. The monoisotopic (exact) mass is 327 g/mol. The molecule has 1 aromatic rings. The largest absolute Gasteiger partial charge is 0.381 e. The molecule has 0 aliphatic carbocycles. The van der Waals surface area contributed by atoms with Crippen LogP contribution in [0.4, 0.5) is 0 Å². The lowest BCUT2D eigenvalue weighted by molar-refractivity contribution is 0.156. The maximum Gasteiger partial charge on any atom is 0.193 e. The minimum absolute atomic E-state index is 0.374. The zero-order valence-corrected chi connectivity index (χ0v) is 14.0. The molecule has 1 unspecified atom stereocenters. The lowest BCUT2D eigenvalue weighted by atomic mass is 9.87. The van der Waals surface area contributed by atoms with Gasteiger partial charge in [0, 0.05) is 43.6 Å². The fraction of sp³-hybridized carbons (Fsp3) is 0.667. The van der Waals surface area contributed by atoms with Crippen LogP contribution >= 0.6 is 22.9 Å². The SMILES string of the molecule is CN=C(NCCc1ccc(Cl)s1)N1CCC2(CCOC2)C1. The number of rotatable bonds is 3. The number of hydrogen-bond acceptors (Lipinski definition) is 3. The van der Waals surface area contributed by atoms with Crippen molar-refractivity contribution in [2.24, 2.45) is 10.4 Å². The highest BCUT2D eigenvalue weighted by molar-refractivity contribution is 7.16. The van der Waals surface area contributed by atoms with Crippen LogP contribution in [0.5, 0.6) is 0 Å². The molecule has 0 radical (unpaired) electrons. The Bertz CT molecular complexity index is 511. The summed E-state index contributed by atoms with van der Waals surface area (Å²) < 4.78 is 6.45. The van der Waals surface area contributed by atoms with E-state index in [1.54, 1.807) is 11.3 Å². The summed E-state index contributed by atoms with van der Waals surface area (Å²) in [6, 6.07) is 4.05. The van der Waals surface area contributed by atoms with Crippen molar-refractivity contribution in [2.75, 3.05) is 39.9 Å². The summed E-state index contributed by atoms with van der Waals surface area (Å²) in [4.78, 5) is 8.11. The van der Waals surface area contributed by atoms with Gasteiger partial charge in [0.1, 0.15) is 0 Å². The summed E-state index contributed by atoms with van der Waals surface area (Å²) in [5, 5.41) is 3.47. The van der Waals surface area contributed by atoms with E-state index in [1.807, 2.05) is 13.1 Å². The Morgan fingerprint density at radius 3 is 3.10 bits per heavy atom. The minimum atomic E-state index is 0.374. The molecule has 6 heteroatoms. The molecule has 0 saturated carbocycles. The molecule has 2 fully saturated rings. The van der Waals surface area contributed by atoms with Crippen LogP contribution in [0.1, 0.15) is 17.7 Å². The second kappa shape index (κ2) is 6.55. The van der Waals surface area contributed by atoms with E-state index >= 15 is 0 Å². The van der Waals surface area contributed by atoms with Crippen molar-refractivity contribution in [3.63, 3.8) is 0 Å². The average molecular weight is 328 g/mol. The van der Waals surface area contributed by atoms with Gasteiger partial charge in [-0.15, -0.1) is 11.3 Å². The molecule has 1 N–H and O–H groups in total. The van der Waals surface area contributed by atoms with Crippen LogP contribution in [0.25, 0.3) is 0 Å². The first-order valence-electron chi connectivity index (χ1n) is 7.48. The summed E-state index contributed by atoms with van der Waals surface area (Å²) in [5.41, 5.74) is 0.374. The first kappa shape index (κ1) is 15.1. The second-order valence-corrected chi connectivity index (χ2v) is 7.70.